The largest absolute Gasteiger partial charge is 0.325 e. The van der Waals surface area contributed by atoms with Gasteiger partial charge in [0.2, 0.25) is 21.8 Å². The molecule has 0 bridgehead atoms. The highest BCUT2D eigenvalue weighted by Crippen LogP contribution is 2.25. The van der Waals surface area contributed by atoms with Crippen LogP contribution in [0.15, 0.2) is 53.4 Å². The summed E-state index contributed by atoms with van der Waals surface area (Å²) >= 11 is 0. The van der Waals surface area contributed by atoms with Gasteiger partial charge in [0, 0.05) is 30.4 Å². The number of benzene rings is 2. The number of hydrogen-bond acceptors (Lipinski definition) is 5. The SMILES string of the molecule is C[C@@H](c1cccc(S(N)(=O)=O)c1)N(C)CC(=O)Nc1cccc(N2CCCC2=O)c1. The Bertz CT molecular complexity index is 1050. The molecular weight excluding hydrogens is 404 g/mol. The smallest absolute Gasteiger partial charge is 0.238 e. The number of nitrogens with zero attached hydrogens (tertiary/aromatic N) is 2. The number of carbonyl (C=O) groups excluding carboxylic acids is 2. The van der Waals surface area contributed by atoms with Crippen molar-refractivity contribution >= 4 is 33.2 Å². The Kier molecular flexibility index (Phi) is 6.55. The van der Waals surface area contributed by atoms with E-state index in [1.165, 1.54) is 12.1 Å². The van der Waals surface area contributed by atoms with E-state index in [1.807, 2.05) is 24.0 Å². The molecule has 1 aliphatic heterocycles. The van der Waals surface area contributed by atoms with Crippen LogP contribution in [-0.4, -0.2) is 45.3 Å². The minimum Gasteiger partial charge on any atom is -0.325 e. The molecule has 1 atom stereocenters. The summed E-state index contributed by atoms with van der Waals surface area (Å²) < 4.78 is 23.2. The normalized spacial score (nSPS) is 15.5. The molecule has 1 saturated heterocycles. The lowest BCUT2D eigenvalue weighted by Gasteiger charge is -2.25. The highest BCUT2D eigenvalue weighted by Gasteiger charge is 2.22. The number of nitrogens with two attached hydrogens (primary N) is 1. The van der Waals surface area contributed by atoms with Gasteiger partial charge in [0.05, 0.1) is 11.4 Å². The van der Waals surface area contributed by atoms with E-state index in [2.05, 4.69) is 5.32 Å². The fourth-order valence-corrected chi connectivity index (χ4v) is 4.01. The molecule has 2 amide bonds. The molecule has 0 unspecified atom stereocenters. The molecule has 2 aromatic carbocycles. The molecule has 0 spiro atoms. The van der Waals surface area contributed by atoms with E-state index in [4.69, 9.17) is 5.14 Å². The maximum Gasteiger partial charge on any atom is 0.238 e. The molecule has 0 radical (unpaired) electrons. The Morgan fingerprint density at radius 2 is 1.97 bits per heavy atom. The molecule has 0 aliphatic carbocycles. The van der Waals surface area contributed by atoms with Gasteiger partial charge in [-0.15, -0.1) is 0 Å². The number of primary sulfonamides is 1. The molecule has 3 rings (SSSR count). The van der Waals surface area contributed by atoms with Gasteiger partial charge in [0.25, 0.3) is 0 Å². The van der Waals surface area contributed by atoms with Crippen LogP contribution in [0, 0.1) is 0 Å². The number of anilines is 2. The van der Waals surface area contributed by atoms with Crippen LogP contribution in [0.5, 0.6) is 0 Å². The van der Waals surface area contributed by atoms with Crippen molar-refractivity contribution in [1.82, 2.24) is 4.90 Å². The number of rotatable bonds is 7. The number of nitrogens with one attached hydrogen (secondary N) is 1. The first-order chi connectivity index (χ1) is 14.1. The molecule has 0 saturated carbocycles. The quantitative estimate of drug-likeness (QED) is 0.698. The zero-order valence-electron chi connectivity index (χ0n) is 17.0. The first kappa shape index (κ1) is 21.9. The van der Waals surface area contributed by atoms with Crippen LogP contribution in [-0.2, 0) is 19.6 Å². The van der Waals surface area contributed by atoms with Gasteiger partial charge in [0.15, 0.2) is 0 Å². The van der Waals surface area contributed by atoms with Gasteiger partial charge in [-0.05, 0) is 56.3 Å². The molecule has 3 N–H and O–H groups in total. The fourth-order valence-electron chi connectivity index (χ4n) is 3.44. The summed E-state index contributed by atoms with van der Waals surface area (Å²) in [5.41, 5.74) is 2.14. The average molecular weight is 431 g/mol. The summed E-state index contributed by atoms with van der Waals surface area (Å²) in [7, 11) is -2.00. The van der Waals surface area contributed by atoms with Crippen molar-refractivity contribution < 1.29 is 18.0 Å². The molecular formula is C21H26N4O4S. The number of amides is 2. The minimum absolute atomic E-state index is 0.0398. The Morgan fingerprint density at radius 3 is 2.63 bits per heavy atom. The Hall–Kier alpha value is -2.75. The van der Waals surface area contributed by atoms with E-state index in [9.17, 15) is 18.0 Å². The van der Waals surface area contributed by atoms with Gasteiger partial charge in [-0.25, -0.2) is 13.6 Å². The summed E-state index contributed by atoms with van der Waals surface area (Å²) in [5, 5.41) is 8.06. The van der Waals surface area contributed by atoms with Crippen molar-refractivity contribution in [3.63, 3.8) is 0 Å². The van der Waals surface area contributed by atoms with Crippen molar-refractivity contribution in [2.45, 2.75) is 30.7 Å². The van der Waals surface area contributed by atoms with E-state index < -0.39 is 10.0 Å². The van der Waals surface area contributed by atoms with E-state index in [0.29, 0.717) is 18.7 Å². The molecule has 9 heteroatoms. The number of likely N-dealkylation sites (N-methyl/N-ethyl adjacent to an activating group) is 1. The molecule has 2 aromatic rings. The molecule has 30 heavy (non-hydrogen) atoms. The third kappa shape index (κ3) is 5.24. The standard InChI is InChI=1S/C21H26N4O4S/c1-15(16-6-3-9-19(12-16)30(22,28)29)24(2)14-20(26)23-17-7-4-8-18(13-17)25-11-5-10-21(25)27/h3-4,6-9,12-13,15H,5,10-11,14H2,1-2H3,(H,23,26)(H2,22,28,29)/t15-/m0/s1. The second-order valence-corrected chi connectivity index (χ2v) is 9.02. The van der Waals surface area contributed by atoms with Gasteiger partial charge in [-0.3, -0.25) is 14.5 Å². The summed E-state index contributed by atoms with van der Waals surface area (Å²) in [4.78, 5) is 28.0. The number of sulfonamides is 1. The van der Waals surface area contributed by atoms with Crippen LogP contribution in [0.3, 0.4) is 0 Å². The van der Waals surface area contributed by atoms with Gasteiger partial charge >= 0.3 is 0 Å². The van der Waals surface area contributed by atoms with Crippen LogP contribution < -0.4 is 15.4 Å². The van der Waals surface area contributed by atoms with E-state index in [-0.39, 0.29) is 29.3 Å². The first-order valence-corrected chi connectivity index (χ1v) is 11.2. The molecule has 1 aliphatic rings. The van der Waals surface area contributed by atoms with Crippen molar-refractivity contribution in [2.75, 3.05) is 30.4 Å². The van der Waals surface area contributed by atoms with Gasteiger partial charge < -0.3 is 10.2 Å². The predicted octanol–water partition coefficient (Wildman–Crippen LogP) is 2.09. The van der Waals surface area contributed by atoms with Crippen molar-refractivity contribution in [1.29, 1.82) is 0 Å². The third-order valence-corrected chi connectivity index (χ3v) is 6.15. The lowest BCUT2D eigenvalue weighted by atomic mass is 10.1. The van der Waals surface area contributed by atoms with Crippen LogP contribution in [0.1, 0.15) is 31.4 Å². The molecule has 1 heterocycles. The maximum atomic E-state index is 12.5. The van der Waals surface area contributed by atoms with Crippen molar-refractivity contribution in [3.8, 4) is 0 Å². The lowest BCUT2D eigenvalue weighted by molar-refractivity contribution is -0.118. The second-order valence-electron chi connectivity index (χ2n) is 7.46. The van der Waals surface area contributed by atoms with Gasteiger partial charge in [0.1, 0.15) is 0 Å². The third-order valence-electron chi connectivity index (χ3n) is 5.24. The highest BCUT2D eigenvalue weighted by atomic mass is 32.2. The molecule has 1 fully saturated rings. The zero-order chi connectivity index (χ0) is 21.9. The van der Waals surface area contributed by atoms with Gasteiger partial charge in [-0.2, -0.15) is 0 Å². The van der Waals surface area contributed by atoms with Crippen LogP contribution in [0.25, 0.3) is 0 Å². The highest BCUT2D eigenvalue weighted by molar-refractivity contribution is 7.89. The number of carbonyl (C=O) groups is 2. The summed E-state index contributed by atoms with van der Waals surface area (Å²) in [5.74, 6) is -0.120. The molecule has 160 valence electrons. The first-order valence-electron chi connectivity index (χ1n) is 9.68. The van der Waals surface area contributed by atoms with Gasteiger partial charge in [-0.1, -0.05) is 18.2 Å². The van der Waals surface area contributed by atoms with Crippen LogP contribution in [0.2, 0.25) is 0 Å². The maximum absolute atomic E-state index is 12.5. The molecule has 0 aromatic heterocycles. The summed E-state index contributed by atoms with van der Waals surface area (Å²) in [6.07, 6.45) is 1.39. The Balaban J connectivity index is 1.64. The van der Waals surface area contributed by atoms with Crippen LogP contribution in [0.4, 0.5) is 11.4 Å². The Labute approximate surface area is 176 Å². The second kappa shape index (κ2) is 8.95. The van der Waals surface area contributed by atoms with Crippen molar-refractivity contribution in [3.05, 3.63) is 54.1 Å². The van der Waals surface area contributed by atoms with E-state index in [0.717, 1.165) is 17.7 Å². The topological polar surface area (TPSA) is 113 Å². The zero-order valence-corrected chi connectivity index (χ0v) is 17.9. The summed E-state index contributed by atoms with van der Waals surface area (Å²) in [6.45, 7) is 2.68. The average Bonchev–Trinajstić information content (AvgIpc) is 3.13. The Morgan fingerprint density at radius 1 is 1.23 bits per heavy atom. The lowest BCUT2D eigenvalue weighted by Crippen LogP contribution is -2.32. The van der Waals surface area contributed by atoms with Crippen molar-refractivity contribution in [2.24, 2.45) is 5.14 Å². The predicted molar refractivity (Wildman–Crippen MR) is 116 cm³/mol. The fraction of sp³-hybridized carbons (Fsp3) is 0.333. The summed E-state index contributed by atoms with van der Waals surface area (Å²) in [6, 6.07) is 13.4. The minimum atomic E-state index is -3.79. The van der Waals surface area contributed by atoms with E-state index >= 15 is 0 Å². The van der Waals surface area contributed by atoms with Crippen LogP contribution >= 0.6 is 0 Å². The monoisotopic (exact) mass is 430 g/mol. The molecule has 8 nitrogen and oxygen atoms in total. The van der Waals surface area contributed by atoms with E-state index in [1.54, 1.807) is 36.2 Å². The number of hydrogen-bond donors (Lipinski definition) is 2.